The fraction of sp³-hybridized carbons (Fsp3) is 0.714. The van der Waals surface area contributed by atoms with E-state index in [1.165, 1.54) is 13.2 Å². The Labute approximate surface area is 114 Å². The monoisotopic (exact) mass is 269 g/mol. The number of carbonyl (C=O) groups is 2. The van der Waals surface area contributed by atoms with Gasteiger partial charge < -0.3 is 14.4 Å². The maximum atomic E-state index is 11.9. The van der Waals surface area contributed by atoms with E-state index in [-0.39, 0.29) is 18.0 Å². The van der Waals surface area contributed by atoms with Crippen LogP contribution in [0.15, 0.2) is 11.6 Å². The molecule has 1 heterocycles. The molecule has 0 radical (unpaired) electrons. The molecule has 1 aliphatic heterocycles. The van der Waals surface area contributed by atoms with Crippen molar-refractivity contribution in [2.24, 2.45) is 5.92 Å². The molecule has 1 saturated heterocycles. The van der Waals surface area contributed by atoms with E-state index in [0.717, 1.165) is 12.0 Å². The maximum Gasteiger partial charge on any atom is 0.410 e. The fourth-order valence-electron chi connectivity index (χ4n) is 1.99. The number of likely N-dealkylation sites (tertiary alicyclic amines) is 1. The number of nitrogens with zero attached hydrogens (tertiary/aromatic N) is 1. The average molecular weight is 269 g/mol. The zero-order valence-corrected chi connectivity index (χ0v) is 12.4. The fourth-order valence-corrected chi connectivity index (χ4v) is 1.99. The summed E-state index contributed by atoms with van der Waals surface area (Å²) < 4.78 is 9.93. The van der Waals surface area contributed by atoms with Gasteiger partial charge >= 0.3 is 12.1 Å². The Bertz CT molecular complexity index is 381. The third-order valence-electron chi connectivity index (χ3n) is 3.03. The minimum Gasteiger partial charge on any atom is -0.466 e. The van der Waals surface area contributed by atoms with Gasteiger partial charge in [-0.1, -0.05) is 5.57 Å². The molecule has 5 heteroatoms. The van der Waals surface area contributed by atoms with Crippen molar-refractivity contribution in [2.45, 2.75) is 39.7 Å². The number of ether oxygens (including phenoxy) is 2. The minimum absolute atomic E-state index is 0.201. The third kappa shape index (κ3) is 4.93. The molecule has 19 heavy (non-hydrogen) atoms. The number of methoxy groups -OCH3 is 1. The van der Waals surface area contributed by atoms with E-state index >= 15 is 0 Å². The number of hydrogen-bond acceptors (Lipinski definition) is 4. The first-order valence-electron chi connectivity index (χ1n) is 6.47. The molecule has 1 fully saturated rings. The second-order valence-corrected chi connectivity index (χ2v) is 5.82. The van der Waals surface area contributed by atoms with Crippen molar-refractivity contribution in [2.75, 3.05) is 20.2 Å². The lowest BCUT2D eigenvalue weighted by Crippen LogP contribution is -2.35. The van der Waals surface area contributed by atoms with Crippen molar-refractivity contribution in [3.63, 3.8) is 0 Å². The third-order valence-corrected chi connectivity index (χ3v) is 3.03. The van der Waals surface area contributed by atoms with E-state index in [0.29, 0.717) is 13.1 Å². The Balaban J connectivity index is 2.56. The van der Waals surface area contributed by atoms with Crippen LogP contribution in [0, 0.1) is 5.92 Å². The van der Waals surface area contributed by atoms with Gasteiger partial charge in [-0.25, -0.2) is 9.59 Å². The predicted molar refractivity (Wildman–Crippen MR) is 71.7 cm³/mol. The van der Waals surface area contributed by atoms with Crippen LogP contribution in [0.3, 0.4) is 0 Å². The van der Waals surface area contributed by atoms with E-state index < -0.39 is 5.60 Å². The molecule has 0 N–H and O–H groups in total. The van der Waals surface area contributed by atoms with Gasteiger partial charge in [-0.3, -0.25) is 0 Å². The van der Waals surface area contributed by atoms with Crippen molar-refractivity contribution in [3.05, 3.63) is 11.6 Å². The summed E-state index contributed by atoms with van der Waals surface area (Å²) in [4.78, 5) is 24.8. The number of hydrogen-bond donors (Lipinski definition) is 0. The Morgan fingerprint density at radius 3 is 2.47 bits per heavy atom. The van der Waals surface area contributed by atoms with Gasteiger partial charge in [0, 0.05) is 19.2 Å². The molecule has 0 bridgehead atoms. The number of amides is 1. The van der Waals surface area contributed by atoms with Crippen molar-refractivity contribution in [3.8, 4) is 0 Å². The molecule has 1 unspecified atom stereocenters. The molecular formula is C14H23NO4. The summed E-state index contributed by atoms with van der Waals surface area (Å²) in [6.45, 7) is 8.68. The van der Waals surface area contributed by atoms with E-state index in [1.54, 1.807) is 4.90 Å². The number of esters is 1. The summed E-state index contributed by atoms with van der Waals surface area (Å²) in [5.74, 6) is -0.153. The molecule has 108 valence electrons. The van der Waals surface area contributed by atoms with Crippen LogP contribution >= 0.6 is 0 Å². The van der Waals surface area contributed by atoms with Crippen molar-refractivity contribution in [1.29, 1.82) is 0 Å². The van der Waals surface area contributed by atoms with Crippen LogP contribution in [-0.2, 0) is 14.3 Å². The van der Waals surface area contributed by atoms with E-state index in [1.807, 2.05) is 27.7 Å². The lowest BCUT2D eigenvalue weighted by Gasteiger charge is -2.24. The summed E-state index contributed by atoms with van der Waals surface area (Å²) in [6.07, 6.45) is 2.04. The van der Waals surface area contributed by atoms with Crippen LogP contribution in [0.5, 0.6) is 0 Å². The Morgan fingerprint density at radius 2 is 1.95 bits per heavy atom. The van der Waals surface area contributed by atoms with Crippen LogP contribution in [0.2, 0.25) is 0 Å². The summed E-state index contributed by atoms with van der Waals surface area (Å²) in [5, 5.41) is 0. The van der Waals surface area contributed by atoms with Crippen molar-refractivity contribution in [1.82, 2.24) is 4.90 Å². The van der Waals surface area contributed by atoms with E-state index in [2.05, 4.69) is 4.74 Å². The lowest BCUT2D eigenvalue weighted by molar-refractivity contribution is -0.134. The van der Waals surface area contributed by atoms with Crippen molar-refractivity contribution >= 4 is 12.1 Å². The molecule has 0 aliphatic carbocycles. The van der Waals surface area contributed by atoms with Gasteiger partial charge in [0.2, 0.25) is 0 Å². The van der Waals surface area contributed by atoms with Crippen LogP contribution in [0.1, 0.15) is 34.1 Å². The number of carbonyl (C=O) groups excluding carboxylic acids is 2. The molecule has 1 aliphatic rings. The minimum atomic E-state index is -0.480. The highest BCUT2D eigenvalue weighted by molar-refractivity contribution is 5.82. The maximum absolute atomic E-state index is 11.9. The highest BCUT2D eigenvalue weighted by atomic mass is 16.6. The van der Waals surface area contributed by atoms with Gasteiger partial charge in [0.25, 0.3) is 0 Å². The SMILES string of the molecule is COC(=O)/C=C(/C)C1CCN(C(=O)OC(C)(C)C)C1. The highest BCUT2D eigenvalue weighted by Gasteiger charge is 2.30. The second kappa shape index (κ2) is 6.08. The standard InChI is InChI=1S/C14H23NO4/c1-10(8-12(16)18-5)11-6-7-15(9-11)13(17)19-14(2,3)4/h8,11H,6-7,9H2,1-5H3/b10-8-. The Hall–Kier alpha value is -1.52. The number of rotatable bonds is 2. The quantitative estimate of drug-likeness (QED) is 0.570. The van der Waals surface area contributed by atoms with Crippen LogP contribution in [-0.4, -0.2) is 42.8 Å². The van der Waals surface area contributed by atoms with Gasteiger partial charge in [0.05, 0.1) is 7.11 Å². The van der Waals surface area contributed by atoms with Gasteiger partial charge in [-0.15, -0.1) is 0 Å². The normalized spacial score (nSPS) is 20.4. The zero-order chi connectivity index (χ0) is 14.6. The first kappa shape index (κ1) is 15.5. The lowest BCUT2D eigenvalue weighted by atomic mass is 10.00. The molecule has 0 spiro atoms. The Morgan fingerprint density at radius 1 is 1.32 bits per heavy atom. The van der Waals surface area contributed by atoms with Crippen LogP contribution in [0.4, 0.5) is 4.79 Å². The molecule has 1 rings (SSSR count). The summed E-state index contributed by atoms with van der Waals surface area (Å²) in [5.41, 5.74) is 0.462. The molecule has 0 aromatic heterocycles. The smallest absolute Gasteiger partial charge is 0.410 e. The summed E-state index contributed by atoms with van der Waals surface area (Å²) in [7, 11) is 1.35. The molecular weight excluding hydrogens is 246 g/mol. The summed E-state index contributed by atoms with van der Waals surface area (Å²) >= 11 is 0. The molecule has 0 aromatic rings. The van der Waals surface area contributed by atoms with E-state index in [4.69, 9.17) is 4.74 Å². The molecule has 0 aromatic carbocycles. The predicted octanol–water partition coefficient (Wildman–Crippen LogP) is 2.36. The second-order valence-electron chi connectivity index (χ2n) is 5.82. The Kier molecular flexibility index (Phi) is 4.97. The average Bonchev–Trinajstić information content (AvgIpc) is 2.75. The highest BCUT2D eigenvalue weighted by Crippen LogP contribution is 2.25. The van der Waals surface area contributed by atoms with Gasteiger partial charge in [0.15, 0.2) is 0 Å². The van der Waals surface area contributed by atoms with Crippen LogP contribution in [0.25, 0.3) is 0 Å². The molecule has 1 atom stereocenters. The first-order valence-corrected chi connectivity index (χ1v) is 6.47. The summed E-state index contributed by atoms with van der Waals surface area (Å²) in [6, 6.07) is 0. The molecule has 0 saturated carbocycles. The zero-order valence-electron chi connectivity index (χ0n) is 12.4. The molecule has 1 amide bonds. The first-order chi connectivity index (χ1) is 8.73. The molecule has 5 nitrogen and oxygen atoms in total. The van der Waals surface area contributed by atoms with Crippen molar-refractivity contribution < 1.29 is 19.1 Å². The van der Waals surface area contributed by atoms with Gasteiger partial charge in [-0.05, 0) is 40.0 Å². The van der Waals surface area contributed by atoms with Gasteiger partial charge in [0.1, 0.15) is 5.60 Å². The largest absolute Gasteiger partial charge is 0.466 e. The van der Waals surface area contributed by atoms with Crippen LogP contribution < -0.4 is 0 Å². The topological polar surface area (TPSA) is 55.8 Å². The van der Waals surface area contributed by atoms with E-state index in [9.17, 15) is 9.59 Å². The van der Waals surface area contributed by atoms with Gasteiger partial charge in [-0.2, -0.15) is 0 Å².